The van der Waals surface area contributed by atoms with Gasteiger partial charge in [0.25, 0.3) is 0 Å². The third-order valence-electron chi connectivity index (χ3n) is 4.91. The Kier molecular flexibility index (Phi) is 7.47. The Morgan fingerprint density at radius 3 is 2.18 bits per heavy atom. The summed E-state index contributed by atoms with van der Waals surface area (Å²) in [6.07, 6.45) is 0. The van der Waals surface area contributed by atoms with Crippen LogP contribution in [0.4, 0.5) is 5.69 Å². The van der Waals surface area contributed by atoms with Gasteiger partial charge >= 0.3 is 0 Å². The molecule has 0 aromatic heterocycles. The maximum atomic E-state index is 12.9. The summed E-state index contributed by atoms with van der Waals surface area (Å²) in [5, 5.41) is 2.65. The van der Waals surface area contributed by atoms with Crippen LogP contribution in [-0.2, 0) is 14.8 Å². The van der Waals surface area contributed by atoms with Crippen molar-refractivity contribution in [3.8, 4) is 11.5 Å². The second kappa shape index (κ2) is 10.3. The number of methoxy groups -OCH3 is 2. The number of ketones is 1. The average molecular weight is 469 g/mol. The van der Waals surface area contributed by atoms with Gasteiger partial charge in [0.15, 0.2) is 17.3 Å². The first kappa shape index (κ1) is 24.0. The molecule has 0 heterocycles. The van der Waals surface area contributed by atoms with Gasteiger partial charge in [0.2, 0.25) is 15.9 Å². The predicted octanol–water partition coefficient (Wildman–Crippen LogP) is 3.19. The standard InChI is InChI=1S/C24H24N2O6S/c1-26(33(29,30)18-13-14-21(31-2)22(15-18)32-3)16-23(27)25-20-12-8-7-11-19(20)24(28)17-9-5-4-6-10-17/h4-15H,16H2,1-3H3,(H,25,27). The topological polar surface area (TPSA) is 102 Å². The number of rotatable bonds is 9. The van der Waals surface area contributed by atoms with Gasteiger partial charge in [-0.25, -0.2) is 8.42 Å². The molecule has 1 N–H and O–H groups in total. The maximum absolute atomic E-state index is 12.9. The Balaban J connectivity index is 1.77. The van der Waals surface area contributed by atoms with Crippen molar-refractivity contribution in [2.75, 3.05) is 33.1 Å². The largest absolute Gasteiger partial charge is 0.493 e. The van der Waals surface area contributed by atoms with Crippen molar-refractivity contribution in [3.63, 3.8) is 0 Å². The Morgan fingerprint density at radius 1 is 0.879 bits per heavy atom. The van der Waals surface area contributed by atoms with Crippen LogP contribution in [0.1, 0.15) is 15.9 Å². The molecular formula is C24H24N2O6S. The van der Waals surface area contributed by atoms with E-state index in [1.807, 2.05) is 0 Å². The molecule has 0 radical (unpaired) electrons. The number of likely N-dealkylation sites (N-methyl/N-ethyl adjacent to an activating group) is 1. The zero-order valence-electron chi connectivity index (χ0n) is 18.4. The molecule has 0 unspecified atom stereocenters. The molecule has 0 saturated heterocycles. The molecular weight excluding hydrogens is 444 g/mol. The summed E-state index contributed by atoms with van der Waals surface area (Å²) in [6.45, 7) is -0.454. The number of amides is 1. The predicted molar refractivity (Wildman–Crippen MR) is 124 cm³/mol. The van der Waals surface area contributed by atoms with Gasteiger partial charge in [0.1, 0.15) is 0 Å². The van der Waals surface area contributed by atoms with Crippen molar-refractivity contribution in [1.82, 2.24) is 4.31 Å². The van der Waals surface area contributed by atoms with Gasteiger partial charge in [-0.1, -0.05) is 42.5 Å². The normalized spacial score (nSPS) is 11.2. The summed E-state index contributed by atoms with van der Waals surface area (Å²) in [7, 11) is 0.165. The molecule has 9 heteroatoms. The SMILES string of the molecule is COc1ccc(S(=O)(=O)N(C)CC(=O)Nc2ccccc2C(=O)c2ccccc2)cc1OC. The van der Waals surface area contributed by atoms with Crippen LogP contribution in [-0.4, -0.2) is 52.2 Å². The first-order valence-corrected chi connectivity index (χ1v) is 11.4. The van der Waals surface area contributed by atoms with E-state index in [1.165, 1.54) is 39.5 Å². The number of para-hydroxylation sites is 1. The second-order valence-electron chi connectivity index (χ2n) is 7.07. The molecule has 3 rings (SSSR count). The van der Waals surface area contributed by atoms with E-state index < -0.39 is 22.5 Å². The lowest BCUT2D eigenvalue weighted by atomic mass is 10.0. The number of hydrogen-bond donors (Lipinski definition) is 1. The maximum Gasteiger partial charge on any atom is 0.243 e. The number of ether oxygens (including phenoxy) is 2. The van der Waals surface area contributed by atoms with Crippen LogP contribution >= 0.6 is 0 Å². The van der Waals surface area contributed by atoms with E-state index in [-0.39, 0.29) is 16.4 Å². The summed E-state index contributed by atoms with van der Waals surface area (Å²) in [4.78, 5) is 25.5. The van der Waals surface area contributed by atoms with E-state index in [9.17, 15) is 18.0 Å². The molecule has 0 saturated carbocycles. The van der Waals surface area contributed by atoms with Crippen molar-refractivity contribution >= 4 is 27.4 Å². The van der Waals surface area contributed by atoms with Gasteiger partial charge in [-0.05, 0) is 24.3 Å². The van der Waals surface area contributed by atoms with Gasteiger partial charge in [-0.2, -0.15) is 4.31 Å². The van der Waals surface area contributed by atoms with Crippen LogP contribution in [0.25, 0.3) is 0 Å². The van der Waals surface area contributed by atoms with E-state index in [4.69, 9.17) is 9.47 Å². The molecule has 0 spiro atoms. The number of nitrogens with one attached hydrogen (secondary N) is 1. The van der Waals surface area contributed by atoms with Gasteiger partial charge in [0, 0.05) is 24.2 Å². The quantitative estimate of drug-likeness (QED) is 0.484. The fraction of sp³-hybridized carbons (Fsp3) is 0.167. The Morgan fingerprint density at radius 2 is 1.52 bits per heavy atom. The number of benzene rings is 3. The van der Waals surface area contributed by atoms with Crippen molar-refractivity contribution in [2.24, 2.45) is 0 Å². The van der Waals surface area contributed by atoms with Gasteiger partial charge in [-0.3, -0.25) is 9.59 Å². The smallest absolute Gasteiger partial charge is 0.243 e. The molecule has 0 atom stereocenters. The van der Waals surface area contributed by atoms with Crippen LogP contribution in [0.3, 0.4) is 0 Å². The zero-order valence-corrected chi connectivity index (χ0v) is 19.3. The van der Waals surface area contributed by atoms with Crippen LogP contribution in [0.2, 0.25) is 0 Å². The van der Waals surface area contributed by atoms with Crippen molar-refractivity contribution in [1.29, 1.82) is 0 Å². The van der Waals surface area contributed by atoms with Gasteiger partial charge in [-0.15, -0.1) is 0 Å². The number of anilines is 1. The number of nitrogens with zero attached hydrogens (tertiary/aromatic N) is 1. The number of hydrogen-bond acceptors (Lipinski definition) is 6. The van der Waals surface area contributed by atoms with E-state index >= 15 is 0 Å². The fourth-order valence-corrected chi connectivity index (χ4v) is 4.31. The van der Waals surface area contributed by atoms with Crippen molar-refractivity contribution in [2.45, 2.75) is 4.90 Å². The van der Waals surface area contributed by atoms with Crippen LogP contribution < -0.4 is 14.8 Å². The lowest BCUT2D eigenvalue weighted by Gasteiger charge is -2.18. The molecule has 0 aliphatic rings. The van der Waals surface area contributed by atoms with E-state index in [2.05, 4.69) is 5.32 Å². The highest BCUT2D eigenvalue weighted by Crippen LogP contribution is 2.30. The average Bonchev–Trinajstić information content (AvgIpc) is 2.83. The fourth-order valence-electron chi connectivity index (χ4n) is 3.17. The highest BCUT2D eigenvalue weighted by molar-refractivity contribution is 7.89. The first-order chi connectivity index (χ1) is 15.8. The molecule has 33 heavy (non-hydrogen) atoms. The van der Waals surface area contributed by atoms with Gasteiger partial charge < -0.3 is 14.8 Å². The Bertz CT molecular complexity index is 1260. The summed E-state index contributed by atoms with van der Waals surface area (Å²) in [5.74, 6) is -0.200. The second-order valence-corrected chi connectivity index (χ2v) is 9.11. The molecule has 3 aromatic rings. The van der Waals surface area contributed by atoms with Gasteiger partial charge in [0.05, 0.1) is 31.3 Å². The number of carbonyl (C=O) groups excluding carboxylic acids is 2. The Labute approximate surface area is 192 Å². The number of sulfonamides is 1. The van der Waals surface area contributed by atoms with Crippen LogP contribution in [0.15, 0.2) is 77.7 Å². The zero-order chi connectivity index (χ0) is 24.0. The van der Waals surface area contributed by atoms with Crippen LogP contribution in [0, 0.1) is 0 Å². The van der Waals surface area contributed by atoms with E-state index in [1.54, 1.807) is 54.6 Å². The summed E-state index contributed by atoms with van der Waals surface area (Å²) < 4.78 is 37.1. The molecule has 0 fully saturated rings. The van der Waals surface area contributed by atoms with Crippen molar-refractivity contribution in [3.05, 3.63) is 83.9 Å². The third-order valence-corrected chi connectivity index (χ3v) is 6.71. The molecule has 1 amide bonds. The lowest BCUT2D eigenvalue weighted by molar-refractivity contribution is -0.116. The van der Waals surface area contributed by atoms with Crippen molar-refractivity contribution < 1.29 is 27.5 Å². The minimum Gasteiger partial charge on any atom is -0.493 e. The molecule has 0 bridgehead atoms. The third kappa shape index (κ3) is 5.39. The summed E-state index contributed by atoms with van der Waals surface area (Å²) in [6, 6.07) is 19.4. The molecule has 3 aromatic carbocycles. The highest BCUT2D eigenvalue weighted by atomic mass is 32.2. The Hall–Kier alpha value is -3.69. The summed E-state index contributed by atoms with van der Waals surface area (Å²) >= 11 is 0. The first-order valence-electron chi connectivity index (χ1n) is 9.95. The highest BCUT2D eigenvalue weighted by Gasteiger charge is 2.25. The minimum atomic E-state index is -3.98. The van der Waals surface area contributed by atoms with E-state index in [0.717, 1.165) is 4.31 Å². The molecule has 8 nitrogen and oxygen atoms in total. The minimum absolute atomic E-state index is 0.0462. The monoisotopic (exact) mass is 468 g/mol. The summed E-state index contributed by atoms with van der Waals surface area (Å²) in [5.41, 5.74) is 1.09. The molecule has 0 aliphatic heterocycles. The van der Waals surface area contributed by atoms with Crippen LogP contribution in [0.5, 0.6) is 11.5 Å². The number of carbonyl (C=O) groups is 2. The molecule has 172 valence electrons. The van der Waals surface area contributed by atoms with E-state index in [0.29, 0.717) is 22.6 Å². The lowest BCUT2D eigenvalue weighted by Crippen LogP contribution is -2.35. The molecule has 0 aliphatic carbocycles.